The Kier molecular flexibility index (Phi) is 3.51. The standard InChI is InChI=1S/C20H20N2O2S/c1-14(2)22-17-11-7-8-12-18(17)25(23,24)21-13-15(3)19(20(21)22)16-9-5-4-6-10-16/h4-14H,1-3H3. The van der Waals surface area contributed by atoms with E-state index in [0.717, 1.165) is 28.2 Å². The maximum atomic E-state index is 13.2. The van der Waals surface area contributed by atoms with Gasteiger partial charge in [-0.25, -0.2) is 12.4 Å². The molecule has 1 aromatic heterocycles. The van der Waals surface area contributed by atoms with Crippen LogP contribution >= 0.6 is 0 Å². The number of nitrogens with zero attached hydrogens (tertiary/aromatic N) is 2. The van der Waals surface area contributed by atoms with Crippen molar-refractivity contribution in [2.45, 2.75) is 31.7 Å². The lowest BCUT2D eigenvalue weighted by atomic mass is 10.0. The van der Waals surface area contributed by atoms with E-state index < -0.39 is 10.0 Å². The highest BCUT2D eigenvalue weighted by Gasteiger charge is 2.37. The average Bonchev–Trinajstić information content (AvgIpc) is 2.93. The Balaban J connectivity index is 2.11. The second-order valence-electron chi connectivity index (χ2n) is 6.61. The van der Waals surface area contributed by atoms with E-state index >= 15 is 0 Å². The number of hydrogen-bond acceptors (Lipinski definition) is 3. The molecule has 0 N–H and O–H groups in total. The molecular weight excluding hydrogens is 332 g/mol. The number of aryl methyl sites for hydroxylation is 1. The zero-order valence-corrected chi connectivity index (χ0v) is 15.3. The van der Waals surface area contributed by atoms with Gasteiger partial charge in [0.05, 0.1) is 5.69 Å². The maximum Gasteiger partial charge on any atom is 0.271 e. The van der Waals surface area contributed by atoms with Gasteiger partial charge in [0.25, 0.3) is 10.0 Å². The van der Waals surface area contributed by atoms with Crippen LogP contribution in [-0.4, -0.2) is 18.4 Å². The first-order chi connectivity index (χ1) is 11.9. The predicted octanol–water partition coefficient (Wildman–Crippen LogP) is 4.56. The first-order valence-electron chi connectivity index (χ1n) is 8.34. The summed E-state index contributed by atoms with van der Waals surface area (Å²) in [6, 6.07) is 17.3. The molecule has 0 spiro atoms. The monoisotopic (exact) mass is 352 g/mol. The van der Waals surface area contributed by atoms with E-state index in [0.29, 0.717) is 4.90 Å². The van der Waals surface area contributed by atoms with Crippen LogP contribution in [0.25, 0.3) is 11.1 Å². The van der Waals surface area contributed by atoms with Gasteiger partial charge in [0.1, 0.15) is 10.7 Å². The molecule has 0 fully saturated rings. The summed E-state index contributed by atoms with van der Waals surface area (Å²) < 4.78 is 27.8. The summed E-state index contributed by atoms with van der Waals surface area (Å²) in [4.78, 5) is 2.47. The minimum atomic E-state index is -3.60. The lowest BCUT2D eigenvalue weighted by Gasteiger charge is -2.36. The second kappa shape index (κ2) is 5.49. The van der Waals surface area contributed by atoms with Gasteiger partial charge in [0.2, 0.25) is 0 Å². The smallest absolute Gasteiger partial charge is 0.271 e. The molecule has 0 saturated carbocycles. The zero-order chi connectivity index (χ0) is 17.8. The number of anilines is 2. The second-order valence-corrected chi connectivity index (χ2v) is 8.39. The average molecular weight is 352 g/mol. The van der Waals surface area contributed by atoms with Crippen molar-refractivity contribution in [3.63, 3.8) is 0 Å². The summed E-state index contributed by atoms with van der Waals surface area (Å²) in [6.45, 7) is 6.12. The Morgan fingerprint density at radius 2 is 1.56 bits per heavy atom. The first-order valence-corrected chi connectivity index (χ1v) is 9.78. The molecular formula is C20H20N2O2S. The van der Waals surface area contributed by atoms with Crippen LogP contribution in [0.2, 0.25) is 0 Å². The summed E-state index contributed by atoms with van der Waals surface area (Å²) in [5.74, 6) is 0.720. The SMILES string of the molecule is Cc1cn2c(c1-c1ccccc1)N(C(C)C)c1ccccc1S2(=O)=O. The molecule has 4 rings (SSSR count). The Morgan fingerprint density at radius 1 is 0.920 bits per heavy atom. The van der Waals surface area contributed by atoms with Gasteiger partial charge in [-0.2, -0.15) is 0 Å². The number of aromatic nitrogens is 1. The van der Waals surface area contributed by atoms with Crippen molar-refractivity contribution in [2.75, 3.05) is 4.90 Å². The van der Waals surface area contributed by atoms with Gasteiger partial charge in [-0.15, -0.1) is 0 Å². The van der Waals surface area contributed by atoms with Crippen molar-refractivity contribution in [1.82, 2.24) is 3.97 Å². The summed E-state index contributed by atoms with van der Waals surface area (Å²) >= 11 is 0. The number of para-hydroxylation sites is 1. The molecule has 25 heavy (non-hydrogen) atoms. The molecule has 2 heterocycles. The van der Waals surface area contributed by atoms with Gasteiger partial charge in [-0.1, -0.05) is 42.5 Å². The van der Waals surface area contributed by atoms with E-state index in [1.165, 1.54) is 3.97 Å². The van der Waals surface area contributed by atoms with Gasteiger partial charge in [-0.3, -0.25) is 0 Å². The minimum absolute atomic E-state index is 0.118. The summed E-state index contributed by atoms with van der Waals surface area (Å²) in [7, 11) is -3.60. The van der Waals surface area contributed by atoms with Gasteiger partial charge < -0.3 is 4.90 Å². The summed E-state index contributed by atoms with van der Waals surface area (Å²) in [6.07, 6.45) is 1.73. The van der Waals surface area contributed by atoms with Gasteiger partial charge in [0.15, 0.2) is 0 Å². The van der Waals surface area contributed by atoms with E-state index in [1.54, 1.807) is 18.3 Å². The first kappa shape index (κ1) is 16.0. The largest absolute Gasteiger partial charge is 0.323 e. The lowest BCUT2D eigenvalue weighted by Crippen LogP contribution is -2.35. The van der Waals surface area contributed by atoms with Crippen LogP contribution in [-0.2, 0) is 10.0 Å². The molecule has 0 amide bonds. The third kappa shape index (κ3) is 2.23. The Morgan fingerprint density at radius 3 is 2.24 bits per heavy atom. The fourth-order valence-corrected chi connectivity index (χ4v) is 5.17. The molecule has 0 aliphatic carbocycles. The number of hydrogen-bond donors (Lipinski definition) is 0. The third-order valence-electron chi connectivity index (χ3n) is 4.61. The van der Waals surface area contributed by atoms with E-state index in [1.807, 2.05) is 49.4 Å². The minimum Gasteiger partial charge on any atom is -0.323 e. The van der Waals surface area contributed by atoms with Crippen LogP contribution in [0, 0.1) is 6.92 Å². The predicted molar refractivity (Wildman–Crippen MR) is 101 cm³/mol. The van der Waals surface area contributed by atoms with Gasteiger partial charge in [-0.05, 0) is 44.0 Å². The van der Waals surface area contributed by atoms with Crippen LogP contribution in [0.4, 0.5) is 11.5 Å². The van der Waals surface area contributed by atoms with Crippen molar-refractivity contribution in [3.05, 3.63) is 66.4 Å². The number of rotatable bonds is 2. The number of benzene rings is 2. The molecule has 0 bridgehead atoms. The maximum absolute atomic E-state index is 13.2. The van der Waals surface area contributed by atoms with Crippen molar-refractivity contribution >= 4 is 21.5 Å². The van der Waals surface area contributed by atoms with Crippen LogP contribution in [0.3, 0.4) is 0 Å². The molecule has 4 nitrogen and oxygen atoms in total. The Labute approximate surface area is 148 Å². The lowest BCUT2D eigenvalue weighted by molar-refractivity contribution is 0.582. The summed E-state index contributed by atoms with van der Waals surface area (Å²) in [5, 5.41) is 0. The van der Waals surface area contributed by atoms with Crippen LogP contribution in [0.5, 0.6) is 0 Å². The van der Waals surface area contributed by atoms with Crippen molar-refractivity contribution in [1.29, 1.82) is 0 Å². The van der Waals surface area contributed by atoms with E-state index in [9.17, 15) is 8.42 Å². The van der Waals surface area contributed by atoms with Crippen molar-refractivity contribution in [3.8, 4) is 11.1 Å². The van der Waals surface area contributed by atoms with E-state index in [2.05, 4.69) is 18.7 Å². The molecule has 0 saturated heterocycles. The molecule has 128 valence electrons. The van der Waals surface area contributed by atoms with Crippen molar-refractivity contribution < 1.29 is 8.42 Å². The molecule has 1 aliphatic rings. The van der Waals surface area contributed by atoms with Crippen LogP contribution in [0.15, 0.2) is 65.7 Å². The molecule has 0 radical (unpaired) electrons. The fourth-order valence-electron chi connectivity index (χ4n) is 3.58. The van der Waals surface area contributed by atoms with Gasteiger partial charge in [0, 0.05) is 17.8 Å². The number of fused-ring (bicyclic) bond motifs is 2. The molecule has 2 aromatic carbocycles. The molecule has 3 aromatic rings. The topological polar surface area (TPSA) is 42.3 Å². The molecule has 0 atom stereocenters. The molecule has 5 heteroatoms. The highest BCUT2D eigenvalue weighted by Crippen LogP contribution is 2.47. The van der Waals surface area contributed by atoms with Crippen molar-refractivity contribution in [2.24, 2.45) is 0 Å². The van der Waals surface area contributed by atoms with Gasteiger partial charge >= 0.3 is 0 Å². The molecule has 0 unspecified atom stereocenters. The van der Waals surface area contributed by atoms with E-state index in [4.69, 9.17) is 0 Å². The zero-order valence-electron chi connectivity index (χ0n) is 14.5. The third-order valence-corrected chi connectivity index (χ3v) is 6.30. The van der Waals surface area contributed by atoms with E-state index in [-0.39, 0.29) is 6.04 Å². The summed E-state index contributed by atoms with van der Waals surface area (Å²) in [5.41, 5.74) is 3.67. The van der Waals surface area contributed by atoms with Crippen LogP contribution in [0.1, 0.15) is 19.4 Å². The normalized spacial score (nSPS) is 15.1. The Bertz CT molecular complexity index is 1050. The molecule has 1 aliphatic heterocycles. The highest BCUT2D eigenvalue weighted by atomic mass is 32.2. The van der Waals surface area contributed by atoms with Crippen LogP contribution < -0.4 is 4.90 Å². The quantitative estimate of drug-likeness (QED) is 0.679. The Hall–Kier alpha value is -2.53. The fraction of sp³-hybridized carbons (Fsp3) is 0.200. The highest BCUT2D eigenvalue weighted by molar-refractivity contribution is 7.90.